The van der Waals surface area contributed by atoms with Crippen molar-refractivity contribution in [2.24, 2.45) is 11.5 Å². The zero-order valence-corrected chi connectivity index (χ0v) is 11.9. The molecule has 19 heavy (non-hydrogen) atoms. The Kier molecular flexibility index (Phi) is 3.65. The number of anilines is 1. The largest absolute Gasteiger partial charge is 0.330 e. The highest BCUT2D eigenvalue weighted by Gasteiger charge is 2.31. The van der Waals surface area contributed by atoms with Crippen LogP contribution in [0.15, 0.2) is 18.2 Å². The highest BCUT2D eigenvalue weighted by molar-refractivity contribution is 6.02. The van der Waals surface area contributed by atoms with Crippen molar-refractivity contribution in [2.45, 2.75) is 38.6 Å². The molecule has 0 radical (unpaired) electrons. The number of nitrogens with two attached hydrogens (primary N) is 2. The first kappa shape index (κ1) is 14.0. The van der Waals surface area contributed by atoms with E-state index in [0.29, 0.717) is 19.5 Å². The van der Waals surface area contributed by atoms with Crippen molar-refractivity contribution in [3.05, 3.63) is 29.3 Å². The van der Waals surface area contributed by atoms with E-state index in [2.05, 4.69) is 26.0 Å². The summed E-state index contributed by atoms with van der Waals surface area (Å²) < 4.78 is 0. The Morgan fingerprint density at radius 2 is 2.05 bits per heavy atom. The van der Waals surface area contributed by atoms with Gasteiger partial charge in [0.15, 0.2) is 0 Å². The maximum absolute atomic E-state index is 12.1. The van der Waals surface area contributed by atoms with Gasteiger partial charge in [0.2, 0.25) is 5.91 Å². The summed E-state index contributed by atoms with van der Waals surface area (Å²) in [6.07, 6.45) is 0.466. The van der Waals surface area contributed by atoms with E-state index in [1.807, 2.05) is 17.9 Å². The van der Waals surface area contributed by atoms with Gasteiger partial charge in [0, 0.05) is 30.2 Å². The van der Waals surface area contributed by atoms with Crippen LogP contribution in [0, 0.1) is 0 Å². The van der Waals surface area contributed by atoms with Gasteiger partial charge in [-0.1, -0.05) is 26.0 Å². The lowest BCUT2D eigenvalue weighted by molar-refractivity contribution is -0.117. The molecule has 1 unspecified atom stereocenters. The second kappa shape index (κ2) is 4.94. The van der Waals surface area contributed by atoms with E-state index < -0.39 is 0 Å². The normalized spacial score (nSPS) is 16.7. The Labute approximate surface area is 114 Å². The number of hydrogen-bond donors (Lipinski definition) is 2. The predicted molar refractivity (Wildman–Crippen MR) is 78.2 cm³/mol. The average Bonchev–Trinajstić information content (AvgIpc) is 2.72. The fourth-order valence-corrected chi connectivity index (χ4v) is 2.47. The number of carbonyl (C=O) groups excluding carboxylic acids is 1. The maximum Gasteiger partial charge on any atom is 0.231 e. The van der Waals surface area contributed by atoms with Crippen LogP contribution < -0.4 is 16.4 Å². The first-order chi connectivity index (χ1) is 8.90. The van der Waals surface area contributed by atoms with E-state index in [0.717, 1.165) is 11.3 Å². The van der Waals surface area contributed by atoms with Gasteiger partial charge in [-0.05, 0) is 24.1 Å². The molecule has 1 heterocycles. The first-order valence-electron chi connectivity index (χ1n) is 6.76. The van der Waals surface area contributed by atoms with E-state index in [9.17, 15) is 4.79 Å². The number of fused-ring (bicyclic) bond motifs is 1. The molecule has 1 aromatic carbocycles. The molecule has 0 saturated heterocycles. The van der Waals surface area contributed by atoms with E-state index in [1.165, 1.54) is 5.56 Å². The van der Waals surface area contributed by atoms with E-state index in [4.69, 9.17) is 11.5 Å². The molecule has 1 aliphatic rings. The minimum absolute atomic E-state index is 0.0436. The summed E-state index contributed by atoms with van der Waals surface area (Å²) in [4.78, 5) is 13.9. The molecule has 0 spiro atoms. The third-order valence-corrected chi connectivity index (χ3v) is 4.02. The van der Waals surface area contributed by atoms with Crippen LogP contribution in [-0.4, -0.2) is 25.0 Å². The number of nitrogens with zero attached hydrogens (tertiary/aromatic N) is 1. The molecule has 0 aromatic heterocycles. The molecule has 0 bridgehead atoms. The predicted octanol–water partition coefficient (Wildman–Crippen LogP) is 1.16. The van der Waals surface area contributed by atoms with Gasteiger partial charge < -0.3 is 16.4 Å². The van der Waals surface area contributed by atoms with Gasteiger partial charge in [0.25, 0.3) is 0 Å². The van der Waals surface area contributed by atoms with Crippen molar-refractivity contribution in [3.63, 3.8) is 0 Å². The zero-order valence-electron chi connectivity index (χ0n) is 11.9. The molecular weight excluding hydrogens is 238 g/mol. The number of hydrogen-bond acceptors (Lipinski definition) is 3. The summed E-state index contributed by atoms with van der Waals surface area (Å²) in [5, 5.41) is 0. The molecule has 4 heteroatoms. The summed E-state index contributed by atoms with van der Waals surface area (Å²) in [7, 11) is 0. The van der Waals surface area contributed by atoms with E-state index >= 15 is 0 Å². The molecule has 1 atom stereocenters. The van der Waals surface area contributed by atoms with Crippen molar-refractivity contribution < 1.29 is 4.79 Å². The third kappa shape index (κ3) is 2.38. The second-order valence-corrected chi connectivity index (χ2v) is 5.96. The Hall–Kier alpha value is -1.39. The van der Waals surface area contributed by atoms with Crippen molar-refractivity contribution >= 4 is 11.6 Å². The molecule has 2 rings (SSSR count). The smallest absolute Gasteiger partial charge is 0.231 e. The first-order valence-corrected chi connectivity index (χ1v) is 6.76. The van der Waals surface area contributed by atoms with Crippen molar-refractivity contribution in [1.82, 2.24) is 0 Å². The van der Waals surface area contributed by atoms with Gasteiger partial charge in [-0.25, -0.2) is 0 Å². The van der Waals surface area contributed by atoms with E-state index in [-0.39, 0.29) is 17.4 Å². The molecule has 104 valence electrons. The lowest BCUT2D eigenvalue weighted by Crippen LogP contribution is -2.40. The van der Waals surface area contributed by atoms with Gasteiger partial charge in [-0.15, -0.1) is 0 Å². The van der Waals surface area contributed by atoms with Gasteiger partial charge >= 0.3 is 0 Å². The Morgan fingerprint density at radius 3 is 2.63 bits per heavy atom. The number of benzene rings is 1. The van der Waals surface area contributed by atoms with Gasteiger partial charge in [0.1, 0.15) is 0 Å². The van der Waals surface area contributed by atoms with Crippen LogP contribution in [-0.2, 0) is 16.6 Å². The fourth-order valence-electron chi connectivity index (χ4n) is 2.47. The summed E-state index contributed by atoms with van der Waals surface area (Å²) in [5.41, 5.74) is 14.7. The van der Waals surface area contributed by atoms with Gasteiger partial charge in [0.05, 0.1) is 6.42 Å². The van der Waals surface area contributed by atoms with Crippen LogP contribution in [0.1, 0.15) is 31.9 Å². The molecule has 1 amide bonds. The Bertz CT molecular complexity index is 496. The van der Waals surface area contributed by atoms with Crippen LogP contribution in [0.5, 0.6) is 0 Å². The molecule has 1 aromatic rings. The highest BCUT2D eigenvalue weighted by Crippen LogP contribution is 2.34. The van der Waals surface area contributed by atoms with Crippen LogP contribution in [0.2, 0.25) is 0 Å². The zero-order chi connectivity index (χ0) is 14.2. The summed E-state index contributed by atoms with van der Waals surface area (Å²) in [6, 6.07) is 6.25. The summed E-state index contributed by atoms with van der Waals surface area (Å²) >= 11 is 0. The Balaban J connectivity index is 2.40. The maximum atomic E-state index is 12.1. The molecular formula is C15H23N3O. The van der Waals surface area contributed by atoms with Gasteiger partial charge in [-0.3, -0.25) is 4.79 Å². The number of rotatable bonds is 4. The molecule has 0 aliphatic carbocycles. The molecule has 4 nitrogen and oxygen atoms in total. The second-order valence-electron chi connectivity index (χ2n) is 5.96. The Morgan fingerprint density at radius 1 is 1.37 bits per heavy atom. The lowest BCUT2D eigenvalue weighted by atomic mass is 9.84. The van der Waals surface area contributed by atoms with E-state index in [1.54, 1.807) is 0 Å². The molecule has 4 N–H and O–H groups in total. The summed E-state index contributed by atoms with van der Waals surface area (Å²) in [6.45, 7) is 7.27. The van der Waals surface area contributed by atoms with Crippen molar-refractivity contribution in [1.29, 1.82) is 0 Å². The lowest BCUT2D eigenvalue weighted by Gasteiger charge is -2.26. The standard InChI is InChI=1S/C15H23N3O/c1-10(8-16)18-13-5-4-12(15(2,3)9-17)6-11(13)7-14(18)19/h4-6,10H,7-9,16-17H2,1-3H3. The third-order valence-electron chi connectivity index (χ3n) is 4.02. The number of carbonyl (C=O) groups is 1. The van der Waals surface area contributed by atoms with Gasteiger partial charge in [-0.2, -0.15) is 0 Å². The minimum Gasteiger partial charge on any atom is -0.330 e. The quantitative estimate of drug-likeness (QED) is 0.854. The van der Waals surface area contributed by atoms with Crippen LogP contribution in [0.4, 0.5) is 5.69 Å². The SMILES string of the molecule is CC(CN)N1C(=O)Cc2cc(C(C)(C)CN)ccc21. The van der Waals surface area contributed by atoms with Crippen LogP contribution in [0.25, 0.3) is 0 Å². The summed E-state index contributed by atoms with van der Waals surface area (Å²) in [5.74, 6) is 0.135. The number of amides is 1. The molecule has 0 fully saturated rings. The highest BCUT2D eigenvalue weighted by atomic mass is 16.2. The molecule has 1 aliphatic heterocycles. The molecule has 0 saturated carbocycles. The monoisotopic (exact) mass is 261 g/mol. The fraction of sp³-hybridized carbons (Fsp3) is 0.533. The van der Waals surface area contributed by atoms with Crippen molar-refractivity contribution in [3.8, 4) is 0 Å². The minimum atomic E-state index is -0.0645. The average molecular weight is 261 g/mol. The topological polar surface area (TPSA) is 72.3 Å². The van der Waals surface area contributed by atoms with Crippen molar-refractivity contribution in [2.75, 3.05) is 18.0 Å². The van der Waals surface area contributed by atoms with Crippen LogP contribution >= 0.6 is 0 Å². The van der Waals surface area contributed by atoms with Crippen LogP contribution in [0.3, 0.4) is 0 Å².